The van der Waals surface area contributed by atoms with Crippen LogP contribution in [-0.2, 0) is 9.59 Å². The number of aliphatic hydroxyl groups is 2. The molecule has 12 heteroatoms. The third-order valence-electron chi connectivity index (χ3n) is 5.66. The Bertz CT molecular complexity index is 972. The van der Waals surface area contributed by atoms with Crippen molar-refractivity contribution in [2.75, 3.05) is 13.1 Å². The van der Waals surface area contributed by atoms with Crippen LogP contribution in [0.5, 0.6) is 0 Å². The molecule has 2 N–H and O–H groups in total. The molecule has 4 atom stereocenters. The van der Waals surface area contributed by atoms with Crippen LogP contribution in [0.2, 0.25) is 0 Å². The summed E-state index contributed by atoms with van der Waals surface area (Å²) in [5.74, 6) is -3.00. The summed E-state index contributed by atoms with van der Waals surface area (Å²) < 4.78 is 0. The summed E-state index contributed by atoms with van der Waals surface area (Å²) in [6, 6.07) is -0.403. The van der Waals surface area contributed by atoms with Gasteiger partial charge in [-0.2, -0.15) is 0 Å². The van der Waals surface area contributed by atoms with Gasteiger partial charge >= 0.3 is 29.6 Å². The van der Waals surface area contributed by atoms with Gasteiger partial charge < -0.3 is 29.9 Å². The molecule has 31 heavy (non-hydrogen) atoms. The van der Waals surface area contributed by atoms with Crippen LogP contribution in [0.1, 0.15) is 29.2 Å². The molecule has 3 aliphatic heterocycles. The Morgan fingerprint density at radius 1 is 1.42 bits per heavy atom. The summed E-state index contributed by atoms with van der Waals surface area (Å²) in [5.41, 5.74) is 1.68. The fraction of sp³-hybridized carbons (Fsp3) is 0.474. The number of amides is 2. The van der Waals surface area contributed by atoms with Crippen LogP contribution in [0.15, 0.2) is 21.5 Å². The van der Waals surface area contributed by atoms with Gasteiger partial charge in [0.15, 0.2) is 0 Å². The minimum Gasteiger partial charge on any atom is -0.543 e. The largest absolute Gasteiger partial charge is 1.00 e. The quantitative estimate of drug-likeness (QED) is 0.321. The van der Waals surface area contributed by atoms with Crippen LogP contribution in [-0.4, -0.2) is 74.1 Å². The van der Waals surface area contributed by atoms with E-state index in [0.29, 0.717) is 9.78 Å². The summed E-state index contributed by atoms with van der Waals surface area (Å²) in [6.07, 6.45) is 0.316. The first-order valence-corrected chi connectivity index (χ1v) is 11.2. The van der Waals surface area contributed by atoms with E-state index in [2.05, 4.69) is 4.98 Å². The molecule has 4 rings (SSSR count). The van der Waals surface area contributed by atoms with Crippen molar-refractivity contribution in [3.8, 4) is 0 Å². The summed E-state index contributed by atoms with van der Waals surface area (Å²) in [4.78, 5) is 44.4. The number of likely N-dealkylation sites (tertiary alicyclic amines) is 1. The number of aliphatic carboxylic acids is 1. The topological polar surface area (TPSA) is 134 Å². The molecule has 9 nitrogen and oxygen atoms in total. The van der Waals surface area contributed by atoms with E-state index in [9.17, 15) is 29.7 Å². The summed E-state index contributed by atoms with van der Waals surface area (Å²) >= 11 is 2.43. The molecule has 0 radical (unpaired) electrons. The third kappa shape index (κ3) is 4.12. The molecule has 0 aromatic carbocycles. The number of aliphatic hydroxyl groups excluding tert-OH is 2. The summed E-state index contributed by atoms with van der Waals surface area (Å²) in [7, 11) is 0. The molecule has 160 valence electrons. The van der Waals surface area contributed by atoms with Crippen LogP contribution in [0.25, 0.3) is 6.08 Å². The van der Waals surface area contributed by atoms with Crippen LogP contribution in [0.3, 0.4) is 0 Å². The van der Waals surface area contributed by atoms with Gasteiger partial charge in [-0.1, -0.05) is 18.7 Å². The molecule has 2 amide bonds. The number of carboxylic acids is 1. The SMILES string of the molecule is C[C@@H](O)[C@H]1C(=O)N2C(C(=O)[O-])=C(S/C=C\c3scnc3C(=O)N3CC(O)C3)[C@H](C)[C@H]12.[Na+]. The first-order chi connectivity index (χ1) is 14.2. The molecule has 2 fully saturated rings. The van der Waals surface area contributed by atoms with Crippen LogP contribution >= 0.6 is 23.1 Å². The molecule has 4 heterocycles. The summed E-state index contributed by atoms with van der Waals surface area (Å²) in [5, 5.41) is 32.6. The zero-order valence-electron chi connectivity index (χ0n) is 17.2. The van der Waals surface area contributed by atoms with Crippen LogP contribution in [0.4, 0.5) is 0 Å². The second-order valence-electron chi connectivity index (χ2n) is 7.60. The van der Waals surface area contributed by atoms with Crippen molar-refractivity contribution in [2.24, 2.45) is 11.8 Å². The number of carboxylic acid groups (broad SMARTS) is 1. The maximum atomic E-state index is 12.5. The number of hydrogen-bond donors (Lipinski definition) is 2. The van der Waals surface area contributed by atoms with Crippen molar-refractivity contribution in [1.29, 1.82) is 0 Å². The van der Waals surface area contributed by atoms with Gasteiger partial charge in [0.25, 0.3) is 5.91 Å². The smallest absolute Gasteiger partial charge is 0.543 e. The van der Waals surface area contributed by atoms with E-state index in [1.54, 1.807) is 17.0 Å². The minimum absolute atomic E-state index is 0. The first kappa shape index (κ1) is 24.4. The van der Waals surface area contributed by atoms with Crippen LogP contribution < -0.4 is 34.7 Å². The standard InChI is InChI=1S/C19H21N3O6S2.Na/c1-8-14-12(9(2)23)17(25)22(14)15(19(27)28)16(8)29-4-3-11-13(20-7-30-11)18(26)21-5-10(24)6-21;/h3-4,7-10,12,14,23-24H,5-6H2,1-2H3,(H,27,28);/q;+1/p-1/b4-3-;/t8-,9-,12-,14-;/m1./s1. The second-order valence-corrected chi connectivity index (χ2v) is 9.44. The normalized spacial score (nSPS) is 26.5. The third-order valence-corrected chi connectivity index (χ3v) is 7.55. The van der Waals surface area contributed by atoms with Gasteiger partial charge in [0.05, 0.1) is 46.2 Å². The number of β-lactam (4-membered cyclic amide) rings is 1. The Labute approximate surface area is 209 Å². The molecular formula is C19H20N3NaO6S2. The van der Waals surface area contributed by atoms with Crippen molar-refractivity contribution in [3.63, 3.8) is 0 Å². The van der Waals surface area contributed by atoms with E-state index in [4.69, 9.17) is 0 Å². The van der Waals surface area contributed by atoms with E-state index in [1.807, 2.05) is 6.92 Å². The van der Waals surface area contributed by atoms with Gasteiger partial charge in [-0.05, 0) is 18.4 Å². The molecule has 1 aromatic rings. The Morgan fingerprint density at radius 2 is 2.10 bits per heavy atom. The Kier molecular flexibility index (Phi) is 7.36. The fourth-order valence-corrected chi connectivity index (χ4v) is 5.90. The Hall–Kier alpha value is -1.21. The number of thioether (sulfide) groups is 1. The number of thiazole rings is 1. The molecule has 1 aromatic heterocycles. The van der Waals surface area contributed by atoms with E-state index >= 15 is 0 Å². The maximum absolute atomic E-state index is 12.5. The average molecular weight is 474 g/mol. The van der Waals surface area contributed by atoms with Gasteiger partial charge in [-0.15, -0.1) is 11.3 Å². The molecule has 0 unspecified atom stereocenters. The molecule has 2 saturated heterocycles. The second kappa shape index (κ2) is 9.34. The van der Waals surface area contributed by atoms with Gasteiger partial charge in [0, 0.05) is 23.9 Å². The van der Waals surface area contributed by atoms with Crippen LogP contribution in [0, 0.1) is 11.8 Å². The van der Waals surface area contributed by atoms with E-state index < -0.39 is 36.0 Å². The number of β-amino-alcohol motifs (C(OH)–C–C–N with tert-alkyl or cyclic N) is 1. The number of rotatable bonds is 6. The molecule has 3 aliphatic rings. The van der Waals surface area contributed by atoms with Crippen molar-refractivity contribution < 1.29 is 59.3 Å². The Balaban J connectivity index is 0.00000272. The number of hydrogen-bond acceptors (Lipinski definition) is 9. The zero-order valence-corrected chi connectivity index (χ0v) is 20.9. The van der Waals surface area contributed by atoms with Crippen molar-refractivity contribution >= 4 is 47.0 Å². The first-order valence-electron chi connectivity index (χ1n) is 9.43. The molecular weight excluding hydrogens is 453 g/mol. The van der Waals surface area contributed by atoms with E-state index in [-0.39, 0.29) is 65.9 Å². The van der Waals surface area contributed by atoms with Gasteiger partial charge in [0.1, 0.15) is 5.69 Å². The average Bonchev–Trinajstić information content (AvgIpc) is 3.20. The number of aromatic nitrogens is 1. The number of carbonyl (C=O) groups excluding carboxylic acids is 3. The molecule has 0 bridgehead atoms. The van der Waals surface area contributed by atoms with Crippen molar-refractivity contribution in [3.05, 3.63) is 32.1 Å². The summed E-state index contributed by atoms with van der Waals surface area (Å²) in [6.45, 7) is 3.91. The van der Waals surface area contributed by atoms with Gasteiger partial charge in [-0.3, -0.25) is 9.59 Å². The van der Waals surface area contributed by atoms with Crippen molar-refractivity contribution in [2.45, 2.75) is 32.1 Å². The van der Waals surface area contributed by atoms with E-state index in [0.717, 1.165) is 11.8 Å². The monoisotopic (exact) mass is 473 g/mol. The minimum atomic E-state index is -1.43. The molecule has 0 spiro atoms. The van der Waals surface area contributed by atoms with Gasteiger partial charge in [0.2, 0.25) is 5.91 Å². The molecule has 0 aliphatic carbocycles. The maximum Gasteiger partial charge on any atom is 1.00 e. The zero-order chi connectivity index (χ0) is 21.7. The Morgan fingerprint density at radius 3 is 2.68 bits per heavy atom. The predicted octanol–water partition coefficient (Wildman–Crippen LogP) is -3.51. The fourth-order valence-electron chi connectivity index (χ4n) is 4.14. The number of fused-ring (bicyclic) bond motifs is 1. The van der Waals surface area contributed by atoms with E-state index in [1.165, 1.54) is 28.1 Å². The number of carbonyl (C=O) groups is 3. The number of nitrogens with zero attached hydrogens (tertiary/aromatic N) is 3. The van der Waals surface area contributed by atoms with Gasteiger partial charge in [-0.25, -0.2) is 4.98 Å². The predicted molar refractivity (Wildman–Crippen MR) is 108 cm³/mol. The van der Waals surface area contributed by atoms with Crippen molar-refractivity contribution in [1.82, 2.24) is 14.8 Å². The molecule has 0 saturated carbocycles.